The van der Waals surface area contributed by atoms with Gasteiger partial charge in [0.2, 0.25) is 0 Å². The molecule has 0 aliphatic carbocycles. The van der Waals surface area contributed by atoms with E-state index < -0.39 is 17.9 Å². The smallest absolute Gasteiger partial charge is 0.351 e. The molecule has 30 heavy (non-hydrogen) atoms. The molecule has 0 radical (unpaired) electrons. The van der Waals surface area contributed by atoms with Gasteiger partial charge in [0.25, 0.3) is 0 Å². The highest BCUT2D eigenvalue weighted by Crippen LogP contribution is 2.46. The molecule has 0 aliphatic rings. The number of ether oxygens (including phenoxy) is 4. The summed E-state index contributed by atoms with van der Waals surface area (Å²) in [4.78, 5) is 35.5. The number of benzene rings is 1. The highest BCUT2D eigenvalue weighted by molar-refractivity contribution is 9.10. The SMILES string of the molecule is CCOC(=O)COc1c(C(=O)OC)sc(-c2ccc(OC)c(C=CC(=O)O)c2)c1Br. The Morgan fingerprint density at radius 2 is 1.97 bits per heavy atom. The van der Waals surface area contributed by atoms with Crippen LogP contribution in [-0.2, 0) is 19.1 Å². The number of carboxylic acids is 1. The lowest BCUT2D eigenvalue weighted by atomic mass is 10.1. The number of hydrogen-bond donors (Lipinski definition) is 1. The number of esters is 2. The maximum Gasteiger partial charge on any atom is 0.351 e. The van der Waals surface area contributed by atoms with Gasteiger partial charge in [-0.2, -0.15) is 0 Å². The van der Waals surface area contributed by atoms with Crippen LogP contribution < -0.4 is 9.47 Å². The quantitative estimate of drug-likeness (QED) is 0.407. The number of thiophene rings is 1. The van der Waals surface area contributed by atoms with E-state index in [2.05, 4.69) is 15.9 Å². The van der Waals surface area contributed by atoms with Crippen LogP contribution >= 0.6 is 27.3 Å². The first-order valence-corrected chi connectivity index (χ1v) is 10.2. The minimum Gasteiger partial charge on any atom is -0.496 e. The molecule has 1 heterocycles. The van der Waals surface area contributed by atoms with Crippen LogP contribution in [0.3, 0.4) is 0 Å². The number of halogens is 1. The third-order valence-electron chi connectivity index (χ3n) is 3.72. The van der Waals surface area contributed by atoms with Gasteiger partial charge in [-0.05, 0) is 52.7 Å². The van der Waals surface area contributed by atoms with Gasteiger partial charge in [0, 0.05) is 11.6 Å². The summed E-state index contributed by atoms with van der Waals surface area (Å²) in [5, 5.41) is 8.90. The Morgan fingerprint density at radius 3 is 2.57 bits per heavy atom. The summed E-state index contributed by atoms with van der Waals surface area (Å²) >= 11 is 4.53. The predicted molar refractivity (Wildman–Crippen MR) is 114 cm³/mol. The third-order valence-corrected chi connectivity index (χ3v) is 5.94. The average molecular weight is 499 g/mol. The summed E-state index contributed by atoms with van der Waals surface area (Å²) in [6.45, 7) is 1.51. The molecule has 0 fully saturated rings. The highest BCUT2D eigenvalue weighted by atomic mass is 79.9. The van der Waals surface area contributed by atoms with Crippen LogP contribution in [0.5, 0.6) is 11.5 Å². The van der Waals surface area contributed by atoms with E-state index in [1.54, 1.807) is 25.1 Å². The second kappa shape index (κ2) is 10.8. The number of rotatable bonds is 9. The van der Waals surface area contributed by atoms with Crippen LogP contribution in [0.1, 0.15) is 22.2 Å². The number of aliphatic carboxylic acids is 1. The van der Waals surface area contributed by atoms with Crippen LogP contribution in [0.2, 0.25) is 0 Å². The van der Waals surface area contributed by atoms with Crippen molar-refractivity contribution in [2.75, 3.05) is 27.4 Å². The minimum atomic E-state index is -1.10. The molecule has 0 unspecified atom stereocenters. The first-order valence-electron chi connectivity index (χ1n) is 8.60. The second-order valence-electron chi connectivity index (χ2n) is 5.62. The van der Waals surface area contributed by atoms with E-state index in [4.69, 9.17) is 24.1 Å². The Labute approximate surface area is 185 Å². The Kier molecular flexibility index (Phi) is 8.43. The van der Waals surface area contributed by atoms with Gasteiger partial charge < -0.3 is 24.1 Å². The Morgan fingerprint density at radius 1 is 1.23 bits per heavy atom. The summed E-state index contributed by atoms with van der Waals surface area (Å²) in [5.41, 5.74) is 1.21. The van der Waals surface area contributed by atoms with Gasteiger partial charge in [-0.25, -0.2) is 14.4 Å². The van der Waals surface area contributed by atoms with E-state index in [9.17, 15) is 14.4 Å². The lowest BCUT2D eigenvalue weighted by molar-refractivity contribution is -0.145. The van der Waals surface area contributed by atoms with Crippen molar-refractivity contribution in [1.82, 2.24) is 0 Å². The van der Waals surface area contributed by atoms with E-state index in [0.29, 0.717) is 26.2 Å². The first kappa shape index (κ1) is 23.4. The number of methoxy groups -OCH3 is 2. The second-order valence-corrected chi connectivity index (χ2v) is 7.43. The topological polar surface area (TPSA) is 108 Å². The molecule has 0 amide bonds. The molecule has 2 rings (SSSR count). The molecule has 2 aromatic rings. The van der Waals surface area contributed by atoms with Gasteiger partial charge >= 0.3 is 17.9 Å². The van der Waals surface area contributed by atoms with Crippen molar-refractivity contribution in [2.24, 2.45) is 0 Å². The number of hydrogen-bond acceptors (Lipinski definition) is 8. The molecule has 1 N–H and O–H groups in total. The van der Waals surface area contributed by atoms with Crippen molar-refractivity contribution in [1.29, 1.82) is 0 Å². The van der Waals surface area contributed by atoms with Gasteiger partial charge in [0.1, 0.15) is 5.75 Å². The molecule has 1 aromatic heterocycles. The zero-order valence-corrected chi connectivity index (χ0v) is 18.8. The van der Waals surface area contributed by atoms with Gasteiger partial charge in [-0.3, -0.25) is 0 Å². The molecular formula is C20H19BrO8S. The third kappa shape index (κ3) is 5.61. The van der Waals surface area contributed by atoms with Crippen molar-refractivity contribution in [3.63, 3.8) is 0 Å². The lowest BCUT2D eigenvalue weighted by Crippen LogP contribution is -2.15. The normalized spacial score (nSPS) is 10.7. The molecule has 160 valence electrons. The minimum absolute atomic E-state index is 0.161. The van der Waals surface area contributed by atoms with Crippen LogP contribution in [0.15, 0.2) is 28.7 Å². The standard InChI is InChI=1S/C20H19BrO8S/c1-4-28-15(24)10-29-17-16(21)18(30-19(17)20(25)27-3)12-5-7-13(26-2)11(9-12)6-8-14(22)23/h5-9H,4,10H2,1-3H3,(H,22,23). The maximum absolute atomic E-state index is 12.2. The molecule has 1 aromatic carbocycles. The Balaban J connectivity index is 2.51. The fourth-order valence-corrected chi connectivity index (χ4v) is 4.41. The molecule has 0 saturated carbocycles. The summed E-state index contributed by atoms with van der Waals surface area (Å²) in [6, 6.07) is 5.15. The van der Waals surface area contributed by atoms with Gasteiger partial charge in [-0.15, -0.1) is 11.3 Å². The van der Waals surface area contributed by atoms with E-state index in [0.717, 1.165) is 17.4 Å². The number of carbonyl (C=O) groups is 3. The van der Waals surface area contributed by atoms with Gasteiger partial charge in [-0.1, -0.05) is 0 Å². The molecular weight excluding hydrogens is 480 g/mol. The summed E-state index contributed by atoms with van der Waals surface area (Å²) in [5.74, 6) is -1.64. The van der Waals surface area contributed by atoms with Crippen LogP contribution in [0.25, 0.3) is 16.5 Å². The molecule has 0 spiro atoms. The summed E-state index contributed by atoms with van der Waals surface area (Å²) < 4.78 is 20.9. The fraction of sp³-hybridized carbons (Fsp3) is 0.250. The van der Waals surface area contributed by atoms with Crippen LogP contribution in [-0.4, -0.2) is 50.4 Å². The summed E-state index contributed by atoms with van der Waals surface area (Å²) in [7, 11) is 2.72. The maximum atomic E-state index is 12.2. The van der Waals surface area contributed by atoms with Crippen molar-refractivity contribution in [3.05, 3.63) is 39.2 Å². The molecule has 0 bridgehead atoms. The van der Waals surface area contributed by atoms with E-state index in [-0.39, 0.29) is 23.8 Å². The largest absolute Gasteiger partial charge is 0.496 e. The van der Waals surface area contributed by atoms with E-state index >= 15 is 0 Å². The van der Waals surface area contributed by atoms with Crippen molar-refractivity contribution >= 4 is 51.3 Å². The molecule has 0 saturated heterocycles. The van der Waals surface area contributed by atoms with E-state index in [1.807, 2.05) is 0 Å². The lowest BCUT2D eigenvalue weighted by Gasteiger charge is -2.08. The van der Waals surface area contributed by atoms with Crippen LogP contribution in [0.4, 0.5) is 0 Å². The van der Waals surface area contributed by atoms with Crippen LogP contribution in [0, 0.1) is 0 Å². The zero-order chi connectivity index (χ0) is 22.3. The molecule has 0 atom stereocenters. The highest BCUT2D eigenvalue weighted by Gasteiger charge is 2.25. The molecule has 8 nitrogen and oxygen atoms in total. The fourth-order valence-electron chi connectivity index (χ4n) is 2.44. The van der Waals surface area contributed by atoms with E-state index in [1.165, 1.54) is 20.3 Å². The molecule has 10 heteroatoms. The van der Waals surface area contributed by atoms with Crippen molar-refractivity contribution < 1.29 is 38.4 Å². The summed E-state index contributed by atoms with van der Waals surface area (Å²) in [6.07, 6.45) is 2.41. The van der Waals surface area contributed by atoms with Crippen molar-refractivity contribution in [2.45, 2.75) is 6.92 Å². The zero-order valence-electron chi connectivity index (χ0n) is 16.4. The Hall–Kier alpha value is -2.85. The molecule has 0 aliphatic heterocycles. The Bertz CT molecular complexity index is 979. The predicted octanol–water partition coefficient (Wildman–Crippen LogP) is 4.01. The van der Waals surface area contributed by atoms with Gasteiger partial charge in [0.15, 0.2) is 17.2 Å². The number of carbonyl (C=O) groups excluding carboxylic acids is 2. The monoisotopic (exact) mass is 498 g/mol. The first-order chi connectivity index (χ1) is 14.3. The average Bonchev–Trinajstić information content (AvgIpc) is 3.06. The number of carboxylic acid groups (broad SMARTS) is 1. The van der Waals surface area contributed by atoms with Gasteiger partial charge in [0.05, 0.1) is 30.2 Å². The van der Waals surface area contributed by atoms with Crippen molar-refractivity contribution in [3.8, 4) is 21.9 Å².